The van der Waals surface area contributed by atoms with E-state index >= 15 is 0 Å². The molecule has 3 aromatic carbocycles. The Hall–Kier alpha value is -4.26. The lowest BCUT2D eigenvalue weighted by atomic mass is 9.78. The zero-order chi connectivity index (χ0) is 30.8. The van der Waals surface area contributed by atoms with Gasteiger partial charge in [0.2, 0.25) is 0 Å². The lowest BCUT2D eigenvalue weighted by molar-refractivity contribution is 0.559. The summed E-state index contributed by atoms with van der Waals surface area (Å²) >= 11 is 0. The monoisotopic (exact) mass is 576 g/mol. The molecular weight excluding hydrogens is 532 g/mol. The van der Waals surface area contributed by atoms with E-state index in [0.717, 1.165) is 59.3 Å². The number of imidazole rings is 1. The van der Waals surface area contributed by atoms with Gasteiger partial charge in [0, 0.05) is 17.5 Å². The molecule has 0 aliphatic rings. The molecule has 224 valence electrons. The van der Waals surface area contributed by atoms with Crippen LogP contribution in [0.3, 0.4) is 0 Å². The van der Waals surface area contributed by atoms with Crippen LogP contribution in [-0.4, -0.2) is 29.8 Å². The summed E-state index contributed by atoms with van der Waals surface area (Å²) in [7, 11) is 0. The van der Waals surface area contributed by atoms with E-state index in [1.807, 2.05) is 27.3 Å². The third-order valence-corrected chi connectivity index (χ3v) is 8.12. The predicted octanol–water partition coefficient (Wildman–Crippen LogP) is 7.86. The number of nitrogens with one attached hydrogen (secondary N) is 1. The molecule has 2 heterocycles. The van der Waals surface area contributed by atoms with Crippen LogP contribution in [0.25, 0.3) is 28.2 Å². The molecule has 5 rings (SSSR count). The zero-order valence-electron chi connectivity index (χ0n) is 26.6. The van der Waals surface area contributed by atoms with Crippen molar-refractivity contribution in [1.29, 1.82) is 0 Å². The van der Waals surface area contributed by atoms with Crippen LogP contribution in [0.5, 0.6) is 0 Å². The lowest BCUT2D eigenvalue weighted by Crippen LogP contribution is -2.29. The first-order valence-electron chi connectivity index (χ1n) is 15.4. The van der Waals surface area contributed by atoms with Crippen LogP contribution in [0.15, 0.2) is 77.7 Å². The number of H-pyrrole nitrogens is 1. The lowest BCUT2D eigenvalue weighted by Gasteiger charge is -2.29. The number of nitrogens with zero attached hydrogens (tertiary/aromatic N) is 5. The van der Waals surface area contributed by atoms with Crippen molar-refractivity contribution in [3.63, 3.8) is 0 Å². The number of hydrogen-bond acceptors (Lipinski definition) is 4. The zero-order valence-corrected chi connectivity index (χ0v) is 26.6. The van der Waals surface area contributed by atoms with E-state index in [2.05, 4.69) is 124 Å². The highest BCUT2D eigenvalue weighted by Crippen LogP contribution is 2.36. The van der Waals surface area contributed by atoms with Gasteiger partial charge in [0.25, 0.3) is 0 Å². The van der Waals surface area contributed by atoms with Crippen molar-refractivity contribution >= 4 is 0 Å². The van der Waals surface area contributed by atoms with Crippen LogP contribution < -0.4 is 5.69 Å². The van der Waals surface area contributed by atoms with Gasteiger partial charge in [0.1, 0.15) is 0 Å². The number of aromatic amines is 1. The molecule has 2 aromatic heterocycles. The Labute approximate surface area is 255 Å². The fourth-order valence-corrected chi connectivity index (χ4v) is 5.81. The molecule has 0 radical (unpaired) electrons. The second-order valence-corrected chi connectivity index (χ2v) is 13.5. The number of unbranched alkanes of at least 4 members (excludes halogenated alkanes) is 2. The second kappa shape index (κ2) is 12.2. The molecular formula is C36H44N6O. The maximum absolute atomic E-state index is 14.4. The van der Waals surface area contributed by atoms with Gasteiger partial charge < -0.3 is 0 Å². The number of aryl methyl sites for hydroxylation is 1. The van der Waals surface area contributed by atoms with Crippen LogP contribution in [0, 0.1) is 0 Å². The van der Waals surface area contributed by atoms with Crippen molar-refractivity contribution < 1.29 is 0 Å². The number of tetrazole rings is 1. The van der Waals surface area contributed by atoms with Gasteiger partial charge in [-0.2, -0.15) is 0 Å². The molecule has 7 nitrogen and oxygen atoms in total. The normalized spacial score (nSPS) is 12.2. The van der Waals surface area contributed by atoms with Crippen molar-refractivity contribution in [3.05, 3.63) is 106 Å². The Morgan fingerprint density at radius 2 is 1.44 bits per heavy atom. The van der Waals surface area contributed by atoms with Gasteiger partial charge in [-0.1, -0.05) is 128 Å². The summed E-state index contributed by atoms with van der Waals surface area (Å²) in [5, 5.41) is 14.5. The Kier molecular flexibility index (Phi) is 8.54. The first kappa shape index (κ1) is 30.2. The molecule has 0 saturated carbocycles. The Balaban J connectivity index is 1.57. The van der Waals surface area contributed by atoms with Gasteiger partial charge in [-0.15, -0.1) is 5.10 Å². The van der Waals surface area contributed by atoms with E-state index < -0.39 is 0 Å². The molecule has 0 aliphatic carbocycles. The average molecular weight is 577 g/mol. The van der Waals surface area contributed by atoms with Gasteiger partial charge in [-0.25, -0.2) is 9.89 Å². The molecule has 0 spiro atoms. The highest BCUT2D eigenvalue weighted by molar-refractivity contribution is 5.80. The molecule has 1 N–H and O–H groups in total. The van der Waals surface area contributed by atoms with Crippen molar-refractivity contribution in [3.8, 4) is 28.2 Å². The van der Waals surface area contributed by atoms with Crippen LogP contribution >= 0.6 is 0 Å². The summed E-state index contributed by atoms with van der Waals surface area (Å²) in [6.45, 7) is 16.1. The molecule has 0 amide bonds. The van der Waals surface area contributed by atoms with Crippen LogP contribution in [0.1, 0.15) is 90.1 Å². The van der Waals surface area contributed by atoms with Gasteiger partial charge in [-0.05, 0) is 61.9 Å². The van der Waals surface area contributed by atoms with Crippen molar-refractivity contribution in [2.45, 2.75) is 91.5 Å². The van der Waals surface area contributed by atoms with Gasteiger partial charge in [0.15, 0.2) is 5.82 Å². The number of benzene rings is 3. The van der Waals surface area contributed by atoms with E-state index in [9.17, 15) is 4.79 Å². The third kappa shape index (κ3) is 6.41. The predicted molar refractivity (Wildman–Crippen MR) is 175 cm³/mol. The quantitative estimate of drug-likeness (QED) is 0.181. The molecule has 0 atom stereocenters. The molecule has 7 heteroatoms. The number of para-hydroxylation sites is 1. The summed E-state index contributed by atoms with van der Waals surface area (Å²) < 4.78 is 3.91. The van der Waals surface area contributed by atoms with E-state index in [4.69, 9.17) is 0 Å². The van der Waals surface area contributed by atoms with Crippen LogP contribution in [-0.2, 0) is 23.8 Å². The first-order chi connectivity index (χ1) is 20.5. The van der Waals surface area contributed by atoms with Crippen LogP contribution in [0.2, 0.25) is 0 Å². The molecule has 5 aromatic rings. The summed E-state index contributed by atoms with van der Waals surface area (Å²) in [6, 6.07) is 23.0. The minimum atomic E-state index is -0.117. The third-order valence-electron chi connectivity index (χ3n) is 8.12. The van der Waals surface area contributed by atoms with E-state index in [-0.39, 0.29) is 16.5 Å². The van der Waals surface area contributed by atoms with Gasteiger partial charge >= 0.3 is 5.69 Å². The fourth-order valence-electron chi connectivity index (χ4n) is 5.81. The Morgan fingerprint density at radius 3 is 2.02 bits per heavy atom. The van der Waals surface area contributed by atoms with Crippen molar-refractivity contribution in [2.24, 2.45) is 0 Å². The SMILES string of the molecule is CCCCCc1cn(-c2c(C(C)(C)C)cccc2C(C)(C)C)c(=O)n1Cc1ccc(-c2ccccc2-c2nnn[nH]2)cc1. The summed E-state index contributed by atoms with van der Waals surface area (Å²) in [4.78, 5) is 14.4. The molecule has 43 heavy (non-hydrogen) atoms. The molecule has 0 bridgehead atoms. The Bertz CT molecular complexity index is 1700. The molecule has 0 unspecified atom stereocenters. The van der Waals surface area contributed by atoms with Crippen molar-refractivity contribution in [1.82, 2.24) is 29.8 Å². The molecule has 0 aliphatic heterocycles. The summed E-state index contributed by atoms with van der Waals surface area (Å²) in [5.41, 5.74) is 8.39. The van der Waals surface area contributed by atoms with Gasteiger partial charge in [-0.3, -0.25) is 9.13 Å². The average Bonchev–Trinajstić information content (AvgIpc) is 3.61. The van der Waals surface area contributed by atoms with E-state index in [0.29, 0.717) is 12.4 Å². The van der Waals surface area contributed by atoms with Crippen molar-refractivity contribution in [2.75, 3.05) is 0 Å². The topological polar surface area (TPSA) is 81.4 Å². The fraction of sp³-hybridized carbons (Fsp3) is 0.389. The standard InChI is InChI=1S/C36H44N6O/c1-8-9-10-14-27-24-42(32-30(35(2,3)4)17-13-18-31(32)36(5,6)7)34(43)41(27)23-25-19-21-26(22-20-25)28-15-11-12-16-29(28)33-37-39-40-38-33/h11-13,15-22,24H,8-10,14,23H2,1-7H3,(H,37,38,39,40). The van der Waals surface area contributed by atoms with Crippen LogP contribution in [0.4, 0.5) is 0 Å². The summed E-state index contributed by atoms with van der Waals surface area (Å²) in [6.07, 6.45) is 6.31. The first-order valence-corrected chi connectivity index (χ1v) is 15.4. The maximum atomic E-state index is 14.4. The number of aromatic nitrogens is 6. The van der Waals surface area contributed by atoms with Gasteiger partial charge in [0.05, 0.1) is 12.2 Å². The largest absolute Gasteiger partial charge is 0.333 e. The minimum Gasteiger partial charge on any atom is -0.292 e. The highest BCUT2D eigenvalue weighted by Gasteiger charge is 2.28. The maximum Gasteiger partial charge on any atom is 0.333 e. The summed E-state index contributed by atoms with van der Waals surface area (Å²) in [5.74, 6) is 0.634. The second-order valence-electron chi connectivity index (χ2n) is 13.5. The number of rotatable bonds is 9. The van der Waals surface area contributed by atoms with E-state index in [1.165, 1.54) is 11.1 Å². The van der Waals surface area contributed by atoms with E-state index in [1.54, 1.807) is 0 Å². The smallest absolute Gasteiger partial charge is 0.292 e. The minimum absolute atomic E-state index is 0.0148. The molecule has 0 fully saturated rings. The Morgan fingerprint density at radius 1 is 0.791 bits per heavy atom. The highest BCUT2D eigenvalue weighted by atomic mass is 16.1. The number of hydrogen-bond donors (Lipinski definition) is 1. The molecule has 0 saturated heterocycles.